The zero-order valence-corrected chi connectivity index (χ0v) is 19.9. The van der Waals surface area contributed by atoms with Crippen LogP contribution in [0.4, 0.5) is 5.82 Å². The van der Waals surface area contributed by atoms with Crippen LogP contribution in [0.15, 0.2) is 53.7 Å². The van der Waals surface area contributed by atoms with Gasteiger partial charge in [0.2, 0.25) is 0 Å². The smallest absolute Gasteiger partial charge is 0.194 e. The fourth-order valence-electron chi connectivity index (χ4n) is 3.29. The van der Waals surface area contributed by atoms with Crippen LogP contribution in [-0.4, -0.2) is 55.2 Å². The van der Waals surface area contributed by atoms with Gasteiger partial charge < -0.3 is 19.9 Å². The van der Waals surface area contributed by atoms with Crippen molar-refractivity contribution in [2.75, 3.05) is 38.1 Å². The molecule has 0 unspecified atom stereocenters. The van der Waals surface area contributed by atoms with E-state index in [2.05, 4.69) is 69.3 Å². The lowest BCUT2D eigenvalue weighted by Crippen LogP contribution is -2.52. The predicted molar refractivity (Wildman–Crippen MR) is 130 cm³/mol. The number of pyridine rings is 1. The Kier molecular flexibility index (Phi) is 9.66. The summed E-state index contributed by atoms with van der Waals surface area (Å²) in [6.45, 7) is 9.26. The molecule has 1 saturated heterocycles. The number of piperazine rings is 1. The second kappa shape index (κ2) is 12.0. The molecule has 0 spiro atoms. The molecule has 2 aromatic rings. The van der Waals surface area contributed by atoms with Gasteiger partial charge in [0.25, 0.3) is 0 Å². The molecule has 0 atom stereocenters. The van der Waals surface area contributed by atoms with Gasteiger partial charge in [-0.25, -0.2) is 4.98 Å². The summed E-state index contributed by atoms with van der Waals surface area (Å²) in [5, 5.41) is 3.50. The average Bonchev–Trinajstić information content (AvgIpc) is 2.74. The van der Waals surface area contributed by atoms with E-state index in [-0.39, 0.29) is 30.1 Å². The van der Waals surface area contributed by atoms with Crippen LogP contribution in [-0.2, 0) is 17.9 Å². The number of hydrogen-bond acceptors (Lipinski definition) is 4. The number of anilines is 1. The van der Waals surface area contributed by atoms with Crippen LogP contribution in [0.25, 0.3) is 0 Å². The van der Waals surface area contributed by atoms with Crippen molar-refractivity contribution in [2.45, 2.75) is 33.1 Å². The molecule has 158 valence electrons. The number of ether oxygens (including phenoxy) is 1. The standard InChI is InChI=1S/C22H31N5O.HI/c1-18(2)28-17-20-8-6-7-19(15-20)16-25-22(23-3)27-13-11-26(12-14-27)21-9-4-5-10-24-21;/h4-10,15,18H,11-14,16-17H2,1-3H3,(H,23,25);1H. The third-order valence-corrected chi connectivity index (χ3v) is 4.79. The van der Waals surface area contributed by atoms with Gasteiger partial charge >= 0.3 is 0 Å². The molecule has 0 radical (unpaired) electrons. The number of aliphatic imine (C=N–C) groups is 1. The van der Waals surface area contributed by atoms with E-state index in [1.807, 2.05) is 25.4 Å². The number of aromatic nitrogens is 1. The fourth-order valence-corrected chi connectivity index (χ4v) is 3.29. The van der Waals surface area contributed by atoms with E-state index < -0.39 is 0 Å². The van der Waals surface area contributed by atoms with Gasteiger partial charge in [-0.2, -0.15) is 0 Å². The normalized spacial score (nSPS) is 14.7. The molecule has 0 saturated carbocycles. The Balaban J connectivity index is 0.00000300. The van der Waals surface area contributed by atoms with Crippen LogP contribution in [0.3, 0.4) is 0 Å². The minimum absolute atomic E-state index is 0. The Morgan fingerprint density at radius 2 is 1.86 bits per heavy atom. The van der Waals surface area contributed by atoms with Crippen molar-refractivity contribution < 1.29 is 4.74 Å². The average molecular weight is 509 g/mol. The zero-order chi connectivity index (χ0) is 19.8. The van der Waals surface area contributed by atoms with Gasteiger partial charge in [-0.15, -0.1) is 24.0 Å². The van der Waals surface area contributed by atoms with Gasteiger partial charge in [-0.05, 0) is 37.1 Å². The lowest BCUT2D eigenvalue weighted by atomic mass is 10.1. The van der Waals surface area contributed by atoms with Gasteiger partial charge in [0.05, 0.1) is 12.7 Å². The molecule has 29 heavy (non-hydrogen) atoms. The van der Waals surface area contributed by atoms with Crippen molar-refractivity contribution in [3.05, 3.63) is 59.8 Å². The minimum Gasteiger partial charge on any atom is -0.374 e. The molecule has 1 aromatic heterocycles. The van der Waals surface area contributed by atoms with Crippen molar-refractivity contribution in [2.24, 2.45) is 4.99 Å². The topological polar surface area (TPSA) is 53.0 Å². The van der Waals surface area contributed by atoms with Crippen LogP contribution in [0.5, 0.6) is 0 Å². The molecule has 0 aliphatic carbocycles. The minimum atomic E-state index is 0. The van der Waals surface area contributed by atoms with Crippen molar-refractivity contribution >= 4 is 35.8 Å². The summed E-state index contributed by atoms with van der Waals surface area (Å²) >= 11 is 0. The quantitative estimate of drug-likeness (QED) is 0.367. The SMILES string of the molecule is CN=C(NCc1cccc(COC(C)C)c1)N1CCN(c2ccccn2)CC1.I. The highest BCUT2D eigenvalue weighted by molar-refractivity contribution is 14.0. The predicted octanol–water partition coefficient (Wildman–Crippen LogP) is 3.52. The molecule has 7 heteroatoms. The van der Waals surface area contributed by atoms with Crippen molar-refractivity contribution in [1.82, 2.24) is 15.2 Å². The first-order chi connectivity index (χ1) is 13.7. The summed E-state index contributed by atoms with van der Waals surface area (Å²) in [6.07, 6.45) is 2.09. The number of guanidine groups is 1. The first-order valence-electron chi connectivity index (χ1n) is 9.96. The molecule has 0 amide bonds. The maximum absolute atomic E-state index is 5.71. The van der Waals surface area contributed by atoms with Crippen molar-refractivity contribution in [1.29, 1.82) is 0 Å². The Hall–Kier alpha value is -1.87. The maximum atomic E-state index is 5.71. The fraction of sp³-hybridized carbons (Fsp3) is 0.455. The van der Waals surface area contributed by atoms with E-state index in [4.69, 9.17) is 4.74 Å². The summed E-state index contributed by atoms with van der Waals surface area (Å²) in [4.78, 5) is 13.6. The Bertz CT molecular complexity index is 761. The van der Waals surface area contributed by atoms with Crippen LogP contribution in [0, 0.1) is 0 Å². The molecule has 1 fully saturated rings. The molecule has 1 aromatic carbocycles. The Labute approximate surface area is 191 Å². The summed E-state index contributed by atoms with van der Waals surface area (Å²) in [5.41, 5.74) is 2.44. The molecular formula is C22H32IN5O. The first kappa shape index (κ1) is 23.4. The summed E-state index contributed by atoms with van der Waals surface area (Å²) in [5.74, 6) is 2.00. The van der Waals surface area contributed by atoms with Crippen LogP contribution in [0.1, 0.15) is 25.0 Å². The van der Waals surface area contributed by atoms with Crippen LogP contribution in [0.2, 0.25) is 0 Å². The molecular weight excluding hydrogens is 477 g/mol. The van der Waals surface area contributed by atoms with E-state index in [9.17, 15) is 0 Å². The Morgan fingerprint density at radius 3 is 2.52 bits per heavy atom. The molecule has 6 nitrogen and oxygen atoms in total. The van der Waals surface area contributed by atoms with Crippen LogP contribution < -0.4 is 10.2 Å². The zero-order valence-electron chi connectivity index (χ0n) is 17.5. The Morgan fingerprint density at radius 1 is 1.10 bits per heavy atom. The van der Waals surface area contributed by atoms with Gasteiger partial charge in [0, 0.05) is 46.0 Å². The third kappa shape index (κ3) is 7.15. The number of nitrogens with one attached hydrogen (secondary N) is 1. The molecule has 0 bridgehead atoms. The summed E-state index contributed by atoms with van der Waals surface area (Å²) in [7, 11) is 1.85. The second-order valence-electron chi connectivity index (χ2n) is 7.24. The molecule has 3 rings (SSSR count). The number of halogens is 1. The number of benzene rings is 1. The van der Waals surface area contributed by atoms with Gasteiger partial charge in [-0.1, -0.05) is 30.3 Å². The van der Waals surface area contributed by atoms with E-state index >= 15 is 0 Å². The van der Waals surface area contributed by atoms with Crippen molar-refractivity contribution in [3.63, 3.8) is 0 Å². The first-order valence-corrected chi connectivity index (χ1v) is 9.96. The van der Waals surface area contributed by atoms with E-state index in [1.54, 1.807) is 0 Å². The van der Waals surface area contributed by atoms with Gasteiger partial charge in [0.15, 0.2) is 5.96 Å². The summed E-state index contributed by atoms with van der Waals surface area (Å²) in [6, 6.07) is 14.6. The van der Waals surface area contributed by atoms with E-state index in [1.165, 1.54) is 11.1 Å². The highest BCUT2D eigenvalue weighted by Crippen LogP contribution is 2.13. The monoisotopic (exact) mass is 509 g/mol. The highest BCUT2D eigenvalue weighted by atomic mass is 127. The lowest BCUT2D eigenvalue weighted by molar-refractivity contribution is 0.0657. The number of rotatable bonds is 6. The van der Waals surface area contributed by atoms with Crippen molar-refractivity contribution in [3.8, 4) is 0 Å². The van der Waals surface area contributed by atoms with Gasteiger partial charge in [-0.3, -0.25) is 4.99 Å². The number of hydrogen-bond donors (Lipinski definition) is 1. The molecule has 1 aliphatic heterocycles. The summed E-state index contributed by atoms with van der Waals surface area (Å²) < 4.78 is 5.71. The maximum Gasteiger partial charge on any atom is 0.194 e. The van der Waals surface area contributed by atoms with E-state index in [0.717, 1.165) is 44.5 Å². The highest BCUT2D eigenvalue weighted by Gasteiger charge is 2.20. The van der Waals surface area contributed by atoms with E-state index in [0.29, 0.717) is 6.61 Å². The third-order valence-electron chi connectivity index (χ3n) is 4.79. The molecule has 2 heterocycles. The molecule has 1 N–H and O–H groups in total. The van der Waals surface area contributed by atoms with Crippen LogP contribution >= 0.6 is 24.0 Å². The van der Waals surface area contributed by atoms with Gasteiger partial charge in [0.1, 0.15) is 5.82 Å². The molecule has 1 aliphatic rings. The second-order valence-corrected chi connectivity index (χ2v) is 7.24. The number of nitrogens with zero attached hydrogens (tertiary/aromatic N) is 4. The lowest BCUT2D eigenvalue weighted by Gasteiger charge is -2.37. The largest absolute Gasteiger partial charge is 0.374 e.